The number of aryl methyl sites for hydroxylation is 20. The first-order chi connectivity index (χ1) is 41.9. The van der Waals surface area contributed by atoms with E-state index < -0.39 is 0 Å². The van der Waals surface area contributed by atoms with Crippen LogP contribution in [0.25, 0.3) is 0 Å². The van der Waals surface area contributed by atoms with Crippen LogP contribution in [0.1, 0.15) is 162 Å². The van der Waals surface area contributed by atoms with Gasteiger partial charge in [0.25, 0.3) is 0 Å². The molecule has 0 radical (unpaired) electrons. The zero-order chi connectivity index (χ0) is 67.8. The second kappa shape index (κ2) is 56.4. The van der Waals surface area contributed by atoms with E-state index in [1.165, 1.54) is 70.9 Å². The molecule has 0 aliphatic heterocycles. The fourth-order valence-corrected chi connectivity index (χ4v) is 6.25. The summed E-state index contributed by atoms with van der Waals surface area (Å²) in [4.78, 5) is 49.0. The molecule has 12 aromatic rings. The van der Waals surface area contributed by atoms with E-state index in [-0.39, 0.29) is 0 Å². The van der Waals surface area contributed by atoms with Gasteiger partial charge in [0.2, 0.25) is 11.8 Å². The van der Waals surface area contributed by atoms with Crippen LogP contribution in [-0.2, 0) is 7.05 Å². The van der Waals surface area contributed by atoms with Crippen LogP contribution in [0, 0.1) is 132 Å². The summed E-state index contributed by atoms with van der Waals surface area (Å²) in [6.07, 6.45) is 10.5. The molecule has 88 heavy (non-hydrogen) atoms. The van der Waals surface area contributed by atoms with E-state index in [4.69, 9.17) is 8.83 Å². The second-order valence-corrected chi connectivity index (χ2v) is 19.7. The molecule has 0 aromatic carbocycles. The van der Waals surface area contributed by atoms with Gasteiger partial charge in [0.05, 0.1) is 33.8 Å². The first-order valence-corrected chi connectivity index (χ1v) is 31.0. The van der Waals surface area contributed by atoms with Crippen molar-refractivity contribution in [3.63, 3.8) is 0 Å². The number of hydrogen-bond donors (Lipinski definition) is 3. The summed E-state index contributed by atoms with van der Waals surface area (Å²) in [6, 6.07) is 0. The minimum Gasteiger partial charge on any atom is -0.449 e. The molecule has 0 amide bonds. The number of nitrogens with zero attached hydrogens (tertiary/aromatic N) is 21. The number of aromatic nitrogens is 24. The van der Waals surface area contributed by atoms with Crippen molar-refractivity contribution in [3.8, 4) is 0 Å². The van der Waals surface area contributed by atoms with E-state index in [1.807, 2.05) is 163 Å². The maximum Gasteiger partial charge on any atom is 0.223 e. The highest BCUT2D eigenvalue weighted by molar-refractivity contribution is 7.10. The van der Waals surface area contributed by atoms with Gasteiger partial charge in [-0.3, -0.25) is 20.0 Å². The molecule has 0 aliphatic rings. The molecular weight excluding hydrogens is 1200 g/mol. The lowest BCUT2D eigenvalue weighted by molar-refractivity contribution is 0.389. The molecule has 3 N–H and O–H groups in total. The van der Waals surface area contributed by atoms with Gasteiger partial charge in [0, 0.05) is 30.6 Å². The normalized spacial score (nSPS) is 8.68. The molecule has 0 unspecified atom stereocenters. The maximum absolute atomic E-state index is 4.85. The molecule has 488 valence electrons. The third-order valence-electron chi connectivity index (χ3n) is 8.60. The number of nitrogens with one attached hydrogen (secondary N) is 3. The smallest absolute Gasteiger partial charge is 0.223 e. The molecule has 32 heteroatoms. The Kier molecular flexibility index (Phi) is 55.2. The Morgan fingerprint density at radius 3 is 0.807 bits per heavy atom. The van der Waals surface area contributed by atoms with Crippen molar-refractivity contribution in [2.45, 2.75) is 187 Å². The fourth-order valence-electron chi connectivity index (χ4n) is 4.11. The molecular formula is C56H96N24O4S4. The summed E-state index contributed by atoms with van der Waals surface area (Å²) >= 11 is 6.27. The van der Waals surface area contributed by atoms with Gasteiger partial charge >= 0.3 is 0 Å². The van der Waals surface area contributed by atoms with Gasteiger partial charge in [-0.25, -0.2) is 49.8 Å². The van der Waals surface area contributed by atoms with E-state index >= 15 is 0 Å². The minimum atomic E-state index is 0.623. The van der Waals surface area contributed by atoms with Crippen LogP contribution in [0.4, 0.5) is 0 Å². The lowest BCUT2D eigenvalue weighted by Crippen LogP contribution is -1.83. The van der Waals surface area contributed by atoms with Crippen molar-refractivity contribution in [2.24, 2.45) is 7.05 Å². The zero-order valence-electron chi connectivity index (χ0n) is 56.9. The number of rotatable bonds is 0. The Hall–Kier alpha value is -8.36. The van der Waals surface area contributed by atoms with Crippen LogP contribution in [0.2, 0.25) is 0 Å². The van der Waals surface area contributed by atoms with Crippen LogP contribution in [-0.4, -0.2) is 119 Å². The molecule has 0 spiro atoms. The zero-order valence-corrected chi connectivity index (χ0v) is 60.1. The summed E-state index contributed by atoms with van der Waals surface area (Å²) in [5.74, 6) is 8.76. The van der Waals surface area contributed by atoms with Crippen LogP contribution in [0.3, 0.4) is 0 Å². The van der Waals surface area contributed by atoms with E-state index in [0.29, 0.717) is 23.4 Å². The Balaban J connectivity index is -0.000000433. The molecule has 0 saturated heterocycles. The average molecular weight is 1300 g/mol. The SMILES string of the molecule is CC.CC.CC.CC.Cc1ncn[nH]1.Cc1ncn[nH]1.Cc1ncn[nH]1.Cc1ncoc1C.Cc1ncoc1C.Cc1ncsc1C.Cc1ncsc1C.Cc1noc(C)n1.Cc1noc(C)n1.Cc1nsc(C)n1.Cc1nsc(C)n1.Cn1cncn1. The highest BCUT2D eigenvalue weighted by atomic mass is 32.1. The number of hydrogen-bond acceptors (Lipinski definition) is 28. The largest absolute Gasteiger partial charge is 0.449 e. The summed E-state index contributed by atoms with van der Waals surface area (Å²) in [5, 5.41) is 31.5. The third-order valence-corrected chi connectivity index (χ3v) is 11.7. The predicted molar refractivity (Wildman–Crippen MR) is 351 cm³/mol. The summed E-state index contributed by atoms with van der Waals surface area (Å²) < 4.78 is 28.4. The van der Waals surface area contributed by atoms with E-state index in [2.05, 4.69) is 137 Å². The van der Waals surface area contributed by atoms with Crippen molar-refractivity contribution in [1.29, 1.82) is 0 Å². The first kappa shape index (κ1) is 86.1. The van der Waals surface area contributed by atoms with Crippen molar-refractivity contribution in [1.82, 2.24) is 119 Å². The summed E-state index contributed by atoms with van der Waals surface area (Å²) in [5.41, 5.74) is 7.99. The minimum absolute atomic E-state index is 0.623. The van der Waals surface area contributed by atoms with Crippen molar-refractivity contribution >= 4 is 45.7 Å². The number of H-pyrrole nitrogens is 3. The number of thiazole rings is 2. The molecule has 0 aliphatic carbocycles. The summed E-state index contributed by atoms with van der Waals surface area (Å²) in [7, 11) is 1.83. The highest BCUT2D eigenvalue weighted by Crippen LogP contribution is 2.09. The quantitative estimate of drug-likeness (QED) is 0.127. The van der Waals surface area contributed by atoms with Crippen LogP contribution in [0.5, 0.6) is 0 Å². The Bertz CT molecular complexity index is 2710. The van der Waals surface area contributed by atoms with Gasteiger partial charge in [-0.15, -0.1) is 22.7 Å². The molecule has 28 nitrogen and oxygen atoms in total. The fraction of sp³-hybridized carbons (Fsp3) is 0.500. The van der Waals surface area contributed by atoms with Gasteiger partial charge in [-0.05, 0) is 141 Å². The molecule has 0 bridgehead atoms. The Labute approximate surface area is 536 Å². The highest BCUT2D eigenvalue weighted by Gasteiger charge is 1.94. The predicted octanol–water partition coefficient (Wildman–Crippen LogP) is 14.0. The van der Waals surface area contributed by atoms with Crippen LogP contribution < -0.4 is 0 Å². The number of oxazole rings is 2. The van der Waals surface area contributed by atoms with Gasteiger partial charge in [-0.2, -0.15) is 39.1 Å². The summed E-state index contributed by atoms with van der Waals surface area (Å²) in [6.45, 7) is 52.2. The van der Waals surface area contributed by atoms with E-state index in [1.54, 1.807) is 61.4 Å². The lowest BCUT2D eigenvalue weighted by atomic mass is 10.4. The van der Waals surface area contributed by atoms with E-state index in [0.717, 1.165) is 73.4 Å². The van der Waals surface area contributed by atoms with Gasteiger partial charge in [0.15, 0.2) is 24.4 Å². The average Bonchev–Trinajstić information content (AvgIpc) is 4.34. The van der Waals surface area contributed by atoms with Crippen molar-refractivity contribution in [3.05, 3.63) is 162 Å². The van der Waals surface area contributed by atoms with Crippen molar-refractivity contribution < 1.29 is 17.9 Å². The van der Waals surface area contributed by atoms with Gasteiger partial charge < -0.3 is 17.9 Å². The molecule has 0 fully saturated rings. The molecule has 12 rings (SSSR count). The van der Waals surface area contributed by atoms with Crippen LogP contribution >= 0.6 is 45.7 Å². The second-order valence-electron chi connectivity index (χ2n) is 15.7. The monoisotopic (exact) mass is 1300 g/mol. The Morgan fingerprint density at radius 2 is 0.739 bits per heavy atom. The standard InChI is InChI=1S/2C5H7NO.2C5H7NS.2C4H6N2O.2C4H6N2S.4C3H5N3.4C2H6/c4*1-4-5(2)7-3-6-4;4*1-3-5-4(2)7-6-3;1-6-3-4-2-5-6;3*1-3-4-2-5-6-3;4*1-2/h4*3H,1-2H3;4*1-2H3;2-3H,1H3;3*2H,1H3,(H,4,5,6);4*1-2H3. The Morgan fingerprint density at radius 1 is 0.398 bits per heavy atom. The molecule has 12 heterocycles. The third kappa shape index (κ3) is 49.9. The van der Waals surface area contributed by atoms with Gasteiger partial charge in [-0.1, -0.05) is 65.7 Å². The first-order valence-electron chi connectivity index (χ1n) is 27.7. The molecule has 0 saturated carbocycles. The van der Waals surface area contributed by atoms with Crippen molar-refractivity contribution in [2.75, 3.05) is 0 Å². The lowest BCUT2D eigenvalue weighted by Gasteiger charge is -1.77. The topological polar surface area (TPSA) is 363 Å². The van der Waals surface area contributed by atoms with E-state index in [9.17, 15) is 0 Å². The van der Waals surface area contributed by atoms with Gasteiger partial charge in [0.1, 0.15) is 82.3 Å². The maximum atomic E-state index is 4.85. The molecule has 0 atom stereocenters. The molecule has 12 aromatic heterocycles. The number of aromatic amines is 3. The van der Waals surface area contributed by atoms with Crippen LogP contribution in [0.15, 0.2) is 73.3 Å².